The molecule has 0 aromatic heterocycles. The second kappa shape index (κ2) is 4.92. The molecule has 0 bridgehead atoms. The van der Waals surface area contributed by atoms with Gasteiger partial charge in [-0.2, -0.15) is 0 Å². The third-order valence-corrected chi connectivity index (χ3v) is 3.71. The van der Waals surface area contributed by atoms with Gasteiger partial charge in [0.1, 0.15) is 5.75 Å². The highest BCUT2D eigenvalue weighted by Gasteiger charge is 2.19. The Balaban J connectivity index is 2.43. The van der Waals surface area contributed by atoms with Crippen molar-refractivity contribution in [2.45, 2.75) is 6.92 Å². The molecule has 0 saturated carbocycles. The van der Waals surface area contributed by atoms with Gasteiger partial charge in [-0.25, -0.2) is 9.79 Å². The van der Waals surface area contributed by atoms with Gasteiger partial charge in [-0.3, -0.25) is 0 Å². The van der Waals surface area contributed by atoms with Crippen LogP contribution in [0.4, 0.5) is 0 Å². The molecule has 6 heteroatoms. The van der Waals surface area contributed by atoms with Crippen LogP contribution in [0.15, 0.2) is 22.8 Å². The summed E-state index contributed by atoms with van der Waals surface area (Å²) in [5.74, 6) is 0.159. The standard InChI is InChI=1S/C11H7I2NO3/c1-5-14-9(11(16)17-5)4-6-2-7(12)10(15)8(13)3-6/h2-4,15H,1H3. The molecule has 1 aromatic carbocycles. The van der Waals surface area contributed by atoms with Crippen molar-refractivity contribution in [3.8, 4) is 5.75 Å². The molecule has 1 heterocycles. The number of carbonyl (C=O) groups is 1. The van der Waals surface area contributed by atoms with E-state index in [2.05, 4.69) is 4.99 Å². The lowest BCUT2D eigenvalue weighted by Gasteiger charge is -2.02. The maximum absolute atomic E-state index is 11.4. The first-order valence-corrected chi connectivity index (χ1v) is 6.80. The predicted octanol–water partition coefficient (Wildman–Crippen LogP) is 2.92. The van der Waals surface area contributed by atoms with E-state index >= 15 is 0 Å². The molecular formula is C11H7I2NO3. The topological polar surface area (TPSA) is 58.9 Å². The number of esters is 1. The summed E-state index contributed by atoms with van der Waals surface area (Å²) >= 11 is 4.07. The third kappa shape index (κ3) is 2.79. The van der Waals surface area contributed by atoms with Gasteiger partial charge in [0.2, 0.25) is 0 Å². The van der Waals surface area contributed by atoms with E-state index in [0.717, 1.165) is 12.7 Å². The van der Waals surface area contributed by atoms with E-state index in [9.17, 15) is 9.90 Å². The van der Waals surface area contributed by atoms with Crippen molar-refractivity contribution in [2.24, 2.45) is 4.99 Å². The van der Waals surface area contributed by atoms with Crippen LogP contribution in [0, 0.1) is 7.14 Å². The molecule has 17 heavy (non-hydrogen) atoms. The minimum absolute atomic E-state index is 0.252. The van der Waals surface area contributed by atoms with Crippen LogP contribution in [0.1, 0.15) is 12.5 Å². The predicted molar refractivity (Wildman–Crippen MR) is 80.7 cm³/mol. The molecule has 2 rings (SSSR count). The zero-order chi connectivity index (χ0) is 12.6. The van der Waals surface area contributed by atoms with Gasteiger partial charge in [-0.1, -0.05) is 0 Å². The Hall–Kier alpha value is -0.640. The van der Waals surface area contributed by atoms with Gasteiger partial charge < -0.3 is 9.84 Å². The van der Waals surface area contributed by atoms with Crippen LogP contribution in [0.2, 0.25) is 0 Å². The van der Waals surface area contributed by atoms with Crippen molar-refractivity contribution in [3.63, 3.8) is 0 Å². The smallest absolute Gasteiger partial charge is 0.363 e. The fraction of sp³-hybridized carbons (Fsp3) is 0.0909. The van der Waals surface area contributed by atoms with Crippen LogP contribution in [-0.4, -0.2) is 17.0 Å². The molecule has 0 radical (unpaired) electrons. The number of aliphatic imine (C=N–C) groups is 1. The Labute approximate surface area is 125 Å². The summed E-state index contributed by atoms with van der Waals surface area (Å²) in [5, 5.41) is 9.63. The van der Waals surface area contributed by atoms with E-state index in [1.165, 1.54) is 0 Å². The number of hydrogen-bond acceptors (Lipinski definition) is 4. The minimum Gasteiger partial charge on any atom is -0.506 e. The van der Waals surface area contributed by atoms with Crippen molar-refractivity contribution in [1.29, 1.82) is 0 Å². The van der Waals surface area contributed by atoms with Crippen LogP contribution in [0.5, 0.6) is 5.75 Å². The highest BCUT2D eigenvalue weighted by molar-refractivity contribution is 14.1. The van der Waals surface area contributed by atoms with Crippen molar-refractivity contribution in [2.75, 3.05) is 0 Å². The summed E-state index contributed by atoms with van der Waals surface area (Å²) in [6.07, 6.45) is 1.64. The molecule has 0 saturated heterocycles. The maximum Gasteiger partial charge on any atom is 0.363 e. The Morgan fingerprint density at radius 2 is 1.94 bits per heavy atom. The highest BCUT2D eigenvalue weighted by atomic mass is 127. The van der Waals surface area contributed by atoms with Crippen molar-refractivity contribution >= 4 is 63.1 Å². The van der Waals surface area contributed by atoms with Gasteiger partial charge in [0.15, 0.2) is 11.6 Å². The fourth-order valence-corrected chi connectivity index (χ4v) is 3.16. The third-order valence-electron chi connectivity index (χ3n) is 2.07. The van der Waals surface area contributed by atoms with E-state index in [1.807, 2.05) is 45.2 Å². The van der Waals surface area contributed by atoms with Crippen LogP contribution >= 0.6 is 45.2 Å². The van der Waals surface area contributed by atoms with Gasteiger partial charge in [-0.15, -0.1) is 0 Å². The van der Waals surface area contributed by atoms with Crippen LogP contribution in [0.3, 0.4) is 0 Å². The van der Waals surface area contributed by atoms with Crippen LogP contribution in [0.25, 0.3) is 6.08 Å². The first-order chi connectivity index (χ1) is 7.97. The lowest BCUT2D eigenvalue weighted by Crippen LogP contribution is -1.99. The van der Waals surface area contributed by atoms with E-state index in [4.69, 9.17) is 4.74 Å². The number of phenols is 1. The lowest BCUT2D eigenvalue weighted by molar-refractivity contribution is -0.130. The van der Waals surface area contributed by atoms with E-state index in [-0.39, 0.29) is 11.4 Å². The minimum atomic E-state index is -0.444. The van der Waals surface area contributed by atoms with Gasteiger partial charge in [0.25, 0.3) is 0 Å². The van der Waals surface area contributed by atoms with E-state index in [1.54, 1.807) is 25.1 Å². The number of halogens is 2. The van der Waals surface area contributed by atoms with Crippen molar-refractivity contribution in [3.05, 3.63) is 30.5 Å². The second-order valence-corrected chi connectivity index (χ2v) is 5.71. The maximum atomic E-state index is 11.4. The summed E-state index contributed by atoms with van der Waals surface area (Å²) in [5.41, 5.74) is 1.08. The molecule has 0 unspecified atom stereocenters. The molecule has 0 amide bonds. The molecule has 88 valence electrons. The molecule has 0 spiro atoms. The van der Waals surface area contributed by atoms with Gasteiger partial charge in [-0.05, 0) is 69.0 Å². The molecule has 1 aliphatic heterocycles. The van der Waals surface area contributed by atoms with Gasteiger partial charge >= 0.3 is 5.97 Å². The average Bonchev–Trinajstić information content (AvgIpc) is 2.54. The number of carbonyl (C=O) groups excluding carboxylic acids is 1. The molecular weight excluding hydrogens is 448 g/mol. The first-order valence-electron chi connectivity index (χ1n) is 4.64. The monoisotopic (exact) mass is 455 g/mol. The second-order valence-electron chi connectivity index (χ2n) is 3.38. The summed E-state index contributed by atoms with van der Waals surface area (Å²) in [7, 11) is 0. The first kappa shape index (κ1) is 12.8. The van der Waals surface area contributed by atoms with E-state index in [0.29, 0.717) is 5.90 Å². The van der Waals surface area contributed by atoms with Crippen molar-refractivity contribution < 1.29 is 14.6 Å². The highest BCUT2D eigenvalue weighted by Crippen LogP contribution is 2.28. The van der Waals surface area contributed by atoms with Crippen molar-refractivity contribution in [1.82, 2.24) is 0 Å². The molecule has 4 nitrogen and oxygen atoms in total. The largest absolute Gasteiger partial charge is 0.506 e. The average molecular weight is 455 g/mol. The quantitative estimate of drug-likeness (QED) is 0.403. The summed E-state index contributed by atoms with van der Waals surface area (Å²) in [6, 6.07) is 3.56. The number of benzene rings is 1. The zero-order valence-electron chi connectivity index (χ0n) is 8.70. The Morgan fingerprint density at radius 1 is 1.35 bits per heavy atom. The summed E-state index contributed by atoms with van der Waals surface area (Å²) in [6.45, 7) is 1.63. The number of cyclic esters (lactones) is 1. The number of ether oxygens (including phenoxy) is 1. The number of hydrogen-bond donors (Lipinski definition) is 1. The lowest BCUT2D eigenvalue weighted by atomic mass is 10.2. The number of phenolic OH excluding ortho intramolecular Hbond substituents is 1. The summed E-state index contributed by atoms with van der Waals surface area (Å²) in [4.78, 5) is 15.4. The van der Waals surface area contributed by atoms with Crippen LogP contribution in [-0.2, 0) is 9.53 Å². The zero-order valence-corrected chi connectivity index (χ0v) is 13.0. The fourth-order valence-electron chi connectivity index (χ4n) is 1.34. The number of aromatic hydroxyl groups is 1. The number of rotatable bonds is 1. The molecule has 1 aromatic rings. The molecule has 0 atom stereocenters. The molecule has 1 aliphatic rings. The van der Waals surface area contributed by atoms with Gasteiger partial charge in [0.05, 0.1) is 7.14 Å². The van der Waals surface area contributed by atoms with Gasteiger partial charge in [0, 0.05) is 6.92 Å². The normalized spacial score (nSPS) is 17.2. The van der Waals surface area contributed by atoms with E-state index < -0.39 is 5.97 Å². The molecule has 1 N–H and O–H groups in total. The Bertz CT molecular complexity index is 541. The van der Waals surface area contributed by atoms with Crippen LogP contribution < -0.4 is 0 Å². The molecule has 0 aliphatic carbocycles. The number of nitrogens with zero attached hydrogens (tertiary/aromatic N) is 1. The summed E-state index contributed by atoms with van der Waals surface area (Å²) < 4.78 is 6.28. The Morgan fingerprint density at radius 3 is 2.41 bits per heavy atom. The Kier molecular flexibility index (Phi) is 3.71. The molecule has 0 fully saturated rings. The SMILES string of the molecule is CC1=NC(=Cc2cc(I)c(O)c(I)c2)C(=O)O1.